The average molecular weight is 386 g/mol. The van der Waals surface area contributed by atoms with Crippen molar-refractivity contribution in [1.82, 2.24) is 19.7 Å². The number of methoxy groups -OCH3 is 1. The molecule has 1 saturated heterocycles. The molecule has 140 valence electrons. The molecule has 0 bridgehead atoms. The molecule has 1 aromatic carbocycles. The Kier molecular flexibility index (Phi) is 5.00. The molecule has 1 aliphatic heterocycles. The van der Waals surface area contributed by atoms with Gasteiger partial charge in [0.25, 0.3) is 5.91 Å². The van der Waals surface area contributed by atoms with Crippen molar-refractivity contribution in [2.24, 2.45) is 0 Å². The second-order valence-electron chi connectivity index (χ2n) is 6.38. The van der Waals surface area contributed by atoms with Gasteiger partial charge in [-0.25, -0.2) is 14.1 Å². The maximum Gasteiger partial charge on any atom is 0.293 e. The van der Waals surface area contributed by atoms with Gasteiger partial charge in [-0.05, 0) is 48.6 Å². The topological polar surface area (TPSA) is 60.2 Å². The summed E-state index contributed by atoms with van der Waals surface area (Å²) >= 11 is 1.51. The molecule has 1 atom stereocenters. The molecular formula is C19H19FN4O2S. The normalized spacial score (nSPS) is 17.3. The molecule has 0 saturated carbocycles. The van der Waals surface area contributed by atoms with Gasteiger partial charge in [-0.2, -0.15) is 0 Å². The van der Waals surface area contributed by atoms with E-state index in [9.17, 15) is 9.18 Å². The van der Waals surface area contributed by atoms with E-state index in [1.54, 1.807) is 28.8 Å². The van der Waals surface area contributed by atoms with E-state index in [0.29, 0.717) is 24.6 Å². The number of hydrogen-bond donors (Lipinski definition) is 0. The van der Waals surface area contributed by atoms with Crippen molar-refractivity contribution in [3.05, 3.63) is 53.4 Å². The lowest BCUT2D eigenvalue weighted by atomic mass is 10.1. The smallest absolute Gasteiger partial charge is 0.293 e. The van der Waals surface area contributed by atoms with Gasteiger partial charge in [0.1, 0.15) is 5.82 Å². The molecule has 0 N–H and O–H groups in total. The fourth-order valence-corrected chi connectivity index (χ4v) is 3.89. The van der Waals surface area contributed by atoms with Crippen LogP contribution < -0.4 is 0 Å². The monoisotopic (exact) mass is 386 g/mol. The van der Waals surface area contributed by atoms with E-state index in [0.717, 1.165) is 17.7 Å². The molecule has 0 spiro atoms. The number of rotatable bonds is 4. The van der Waals surface area contributed by atoms with Crippen LogP contribution in [-0.2, 0) is 4.74 Å². The number of ether oxygens (including phenoxy) is 1. The Morgan fingerprint density at radius 2 is 2.11 bits per heavy atom. The molecule has 2 aromatic heterocycles. The third-order valence-electron chi connectivity index (χ3n) is 4.61. The maximum atomic E-state index is 13.3. The lowest BCUT2D eigenvalue weighted by Crippen LogP contribution is -2.43. The first-order valence-corrected chi connectivity index (χ1v) is 9.62. The minimum atomic E-state index is -0.327. The summed E-state index contributed by atoms with van der Waals surface area (Å²) in [4.78, 5) is 20.1. The third kappa shape index (κ3) is 3.63. The highest BCUT2D eigenvalue weighted by Gasteiger charge is 2.28. The van der Waals surface area contributed by atoms with Crippen LogP contribution in [0.4, 0.5) is 4.39 Å². The standard InChI is InChI=1S/C19H19FN4O2S/c1-26-15-4-2-10-23(12-15)19(25)17-21-18(16-5-3-11-27-16)24(22-17)14-8-6-13(20)7-9-14/h3,5-9,11,15H,2,4,10,12H2,1H3. The molecular weight excluding hydrogens is 367 g/mol. The third-order valence-corrected chi connectivity index (χ3v) is 5.48. The number of aromatic nitrogens is 3. The highest BCUT2D eigenvalue weighted by molar-refractivity contribution is 7.13. The predicted octanol–water partition coefficient (Wildman–Crippen LogP) is 3.39. The van der Waals surface area contributed by atoms with E-state index >= 15 is 0 Å². The van der Waals surface area contributed by atoms with Crippen LogP contribution in [-0.4, -0.2) is 51.9 Å². The minimum Gasteiger partial charge on any atom is -0.380 e. The molecule has 3 heterocycles. The number of carbonyl (C=O) groups is 1. The van der Waals surface area contributed by atoms with Gasteiger partial charge in [-0.1, -0.05) is 6.07 Å². The van der Waals surface area contributed by atoms with Crippen molar-refractivity contribution in [2.75, 3.05) is 20.2 Å². The van der Waals surface area contributed by atoms with Gasteiger partial charge in [0.05, 0.1) is 16.7 Å². The summed E-state index contributed by atoms with van der Waals surface area (Å²) in [7, 11) is 1.66. The van der Waals surface area contributed by atoms with Gasteiger partial charge in [0, 0.05) is 20.2 Å². The van der Waals surface area contributed by atoms with Crippen LogP contribution in [0.25, 0.3) is 16.4 Å². The van der Waals surface area contributed by atoms with Crippen molar-refractivity contribution in [3.8, 4) is 16.4 Å². The number of hydrogen-bond acceptors (Lipinski definition) is 5. The van der Waals surface area contributed by atoms with Crippen LogP contribution in [0.15, 0.2) is 41.8 Å². The van der Waals surface area contributed by atoms with Gasteiger partial charge in [-0.15, -0.1) is 16.4 Å². The first-order valence-electron chi connectivity index (χ1n) is 8.74. The van der Waals surface area contributed by atoms with Crippen LogP contribution in [0.2, 0.25) is 0 Å². The van der Waals surface area contributed by atoms with Gasteiger partial charge in [0.15, 0.2) is 5.82 Å². The number of thiophene rings is 1. The fraction of sp³-hybridized carbons (Fsp3) is 0.316. The lowest BCUT2D eigenvalue weighted by Gasteiger charge is -2.31. The first-order chi connectivity index (χ1) is 13.2. The second-order valence-corrected chi connectivity index (χ2v) is 7.32. The fourth-order valence-electron chi connectivity index (χ4n) is 3.19. The summed E-state index contributed by atoms with van der Waals surface area (Å²) < 4.78 is 20.3. The van der Waals surface area contributed by atoms with Crippen LogP contribution in [0.5, 0.6) is 0 Å². The van der Waals surface area contributed by atoms with Crippen LogP contribution in [0, 0.1) is 5.82 Å². The number of nitrogens with zero attached hydrogens (tertiary/aromatic N) is 4. The minimum absolute atomic E-state index is 0.0404. The first kappa shape index (κ1) is 17.8. The van der Waals surface area contributed by atoms with E-state index in [2.05, 4.69) is 10.1 Å². The molecule has 4 rings (SSSR count). The SMILES string of the molecule is COC1CCCN(C(=O)c2nc(-c3cccs3)n(-c3ccc(F)cc3)n2)C1. The highest BCUT2D eigenvalue weighted by Crippen LogP contribution is 2.26. The summed E-state index contributed by atoms with van der Waals surface area (Å²) in [5.41, 5.74) is 0.653. The molecule has 1 amide bonds. The molecule has 8 heteroatoms. The molecule has 0 radical (unpaired) electrons. The summed E-state index contributed by atoms with van der Waals surface area (Å²) in [5, 5.41) is 6.39. The Bertz CT molecular complexity index is 924. The number of piperidine rings is 1. The molecule has 1 fully saturated rings. The van der Waals surface area contributed by atoms with Gasteiger partial charge in [0.2, 0.25) is 5.82 Å². The van der Waals surface area contributed by atoms with Crippen molar-refractivity contribution in [2.45, 2.75) is 18.9 Å². The molecule has 27 heavy (non-hydrogen) atoms. The van der Waals surface area contributed by atoms with E-state index in [1.807, 2.05) is 17.5 Å². The van der Waals surface area contributed by atoms with Crippen LogP contribution in [0.3, 0.4) is 0 Å². The molecule has 0 aliphatic carbocycles. The molecule has 6 nitrogen and oxygen atoms in total. The zero-order chi connectivity index (χ0) is 18.8. The number of halogens is 1. The van der Waals surface area contributed by atoms with E-state index in [-0.39, 0.29) is 23.7 Å². The Balaban J connectivity index is 1.71. The van der Waals surface area contributed by atoms with E-state index in [1.165, 1.54) is 23.5 Å². The Labute approximate surface area is 160 Å². The lowest BCUT2D eigenvalue weighted by molar-refractivity contribution is 0.0262. The zero-order valence-electron chi connectivity index (χ0n) is 14.8. The van der Waals surface area contributed by atoms with Gasteiger partial charge < -0.3 is 9.64 Å². The van der Waals surface area contributed by atoms with Crippen molar-refractivity contribution in [1.29, 1.82) is 0 Å². The molecule has 1 aliphatic rings. The number of amides is 1. The Hall–Kier alpha value is -2.58. The van der Waals surface area contributed by atoms with Crippen LogP contribution in [0.1, 0.15) is 23.5 Å². The summed E-state index contributed by atoms with van der Waals surface area (Å²) in [6, 6.07) is 9.81. The van der Waals surface area contributed by atoms with Gasteiger partial charge in [-0.3, -0.25) is 4.79 Å². The second kappa shape index (κ2) is 7.58. The van der Waals surface area contributed by atoms with E-state index < -0.39 is 0 Å². The number of carbonyl (C=O) groups excluding carboxylic acids is 1. The van der Waals surface area contributed by atoms with Crippen molar-refractivity contribution < 1.29 is 13.9 Å². The predicted molar refractivity (Wildman–Crippen MR) is 101 cm³/mol. The molecule has 1 unspecified atom stereocenters. The van der Waals surface area contributed by atoms with E-state index in [4.69, 9.17) is 4.74 Å². The van der Waals surface area contributed by atoms with Crippen molar-refractivity contribution >= 4 is 17.2 Å². The zero-order valence-corrected chi connectivity index (χ0v) is 15.7. The van der Waals surface area contributed by atoms with Crippen LogP contribution >= 0.6 is 11.3 Å². The Morgan fingerprint density at radius 1 is 1.30 bits per heavy atom. The number of likely N-dealkylation sites (tertiary alicyclic amines) is 1. The van der Waals surface area contributed by atoms with Crippen molar-refractivity contribution in [3.63, 3.8) is 0 Å². The quantitative estimate of drug-likeness (QED) is 0.690. The average Bonchev–Trinajstić information content (AvgIpc) is 3.38. The molecule has 3 aromatic rings. The number of benzene rings is 1. The Morgan fingerprint density at radius 3 is 2.81 bits per heavy atom. The van der Waals surface area contributed by atoms with Gasteiger partial charge >= 0.3 is 0 Å². The summed E-state index contributed by atoms with van der Waals surface area (Å²) in [6.07, 6.45) is 1.87. The largest absolute Gasteiger partial charge is 0.380 e. The summed E-state index contributed by atoms with van der Waals surface area (Å²) in [6.45, 7) is 1.20. The maximum absolute atomic E-state index is 13.3. The highest BCUT2D eigenvalue weighted by atomic mass is 32.1. The summed E-state index contributed by atoms with van der Waals surface area (Å²) in [5.74, 6) is 0.168.